The van der Waals surface area contributed by atoms with E-state index in [0.717, 1.165) is 22.6 Å². The SMILES string of the molecule is COc1ccc(NCC(=O)N/N=C\c2cccc(C)c2)cc1. The lowest BCUT2D eigenvalue weighted by molar-refractivity contribution is -0.119. The van der Waals surface area contributed by atoms with Gasteiger partial charge in [-0.25, -0.2) is 5.43 Å². The smallest absolute Gasteiger partial charge is 0.259 e. The Labute approximate surface area is 130 Å². The zero-order valence-electron chi connectivity index (χ0n) is 12.7. The summed E-state index contributed by atoms with van der Waals surface area (Å²) >= 11 is 0. The first-order chi connectivity index (χ1) is 10.7. The Kier molecular flexibility index (Phi) is 5.54. The van der Waals surface area contributed by atoms with Crippen LogP contribution in [0, 0.1) is 6.92 Å². The fourth-order valence-corrected chi connectivity index (χ4v) is 1.86. The third-order valence-electron chi connectivity index (χ3n) is 2.99. The molecule has 5 heteroatoms. The number of amides is 1. The van der Waals surface area contributed by atoms with Crippen molar-refractivity contribution in [3.8, 4) is 5.75 Å². The number of aryl methyl sites for hydroxylation is 1. The van der Waals surface area contributed by atoms with Gasteiger partial charge in [-0.15, -0.1) is 0 Å². The van der Waals surface area contributed by atoms with Crippen molar-refractivity contribution < 1.29 is 9.53 Å². The second-order valence-corrected chi connectivity index (χ2v) is 4.79. The molecule has 22 heavy (non-hydrogen) atoms. The second kappa shape index (κ2) is 7.83. The fourth-order valence-electron chi connectivity index (χ4n) is 1.86. The first kappa shape index (κ1) is 15.6. The van der Waals surface area contributed by atoms with Gasteiger partial charge >= 0.3 is 0 Å². The first-order valence-corrected chi connectivity index (χ1v) is 6.94. The van der Waals surface area contributed by atoms with Gasteiger partial charge in [0.15, 0.2) is 0 Å². The third kappa shape index (κ3) is 4.94. The normalized spacial score (nSPS) is 10.5. The second-order valence-electron chi connectivity index (χ2n) is 4.79. The first-order valence-electron chi connectivity index (χ1n) is 6.94. The van der Waals surface area contributed by atoms with Crippen LogP contribution in [0.4, 0.5) is 5.69 Å². The van der Waals surface area contributed by atoms with Crippen LogP contribution in [0.1, 0.15) is 11.1 Å². The van der Waals surface area contributed by atoms with Gasteiger partial charge < -0.3 is 10.1 Å². The number of carbonyl (C=O) groups excluding carboxylic acids is 1. The minimum atomic E-state index is -0.209. The minimum absolute atomic E-state index is 0.150. The van der Waals surface area contributed by atoms with Crippen molar-refractivity contribution in [3.05, 3.63) is 59.7 Å². The zero-order chi connectivity index (χ0) is 15.8. The highest BCUT2D eigenvalue weighted by Crippen LogP contribution is 2.14. The standard InChI is InChI=1S/C17H19N3O2/c1-13-4-3-5-14(10-13)11-19-20-17(21)12-18-15-6-8-16(22-2)9-7-15/h3-11,18H,12H2,1-2H3,(H,20,21)/b19-11-. The molecule has 0 aliphatic carbocycles. The van der Waals surface area contributed by atoms with Gasteiger partial charge in [0.1, 0.15) is 5.75 Å². The maximum absolute atomic E-state index is 11.7. The van der Waals surface area contributed by atoms with E-state index in [0.29, 0.717) is 0 Å². The molecule has 0 aliphatic rings. The number of anilines is 1. The monoisotopic (exact) mass is 297 g/mol. The van der Waals surface area contributed by atoms with E-state index in [9.17, 15) is 4.79 Å². The van der Waals surface area contributed by atoms with Crippen LogP contribution in [0.5, 0.6) is 5.75 Å². The van der Waals surface area contributed by atoms with Crippen LogP contribution in [0.15, 0.2) is 53.6 Å². The molecular formula is C17H19N3O2. The quantitative estimate of drug-likeness (QED) is 0.636. The van der Waals surface area contributed by atoms with Crippen molar-refractivity contribution in [2.75, 3.05) is 19.0 Å². The maximum atomic E-state index is 11.7. The Bertz CT molecular complexity index is 651. The van der Waals surface area contributed by atoms with E-state index in [-0.39, 0.29) is 12.5 Å². The summed E-state index contributed by atoms with van der Waals surface area (Å²) in [5.74, 6) is 0.567. The summed E-state index contributed by atoms with van der Waals surface area (Å²) < 4.78 is 5.07. The molecule has 0 atom stereocenters. The number of rotatable bonds is 6. The molecule has 0 saturated heterocycles. The van der Waals surface area contributed by atoms with E-state index in [2.05, 4.69) is 15.8 Å². The molecule has 2 rings (SSSR count). The highest BCUT2D eigenvalue weighted by Gasteiger charge is 1.99. The van der Waals surface area contributed by atoms with Crippen LogP contribution < -0.4 is 15.5 Å². The number of hydrazone groups is 1. The van der Waals surface area contributed by atoms with E-state index < -0.39 is 0 Å². The molecule has 0 saturated carbocycles. The van der Waals surface area contributed by atoms with E-state index in [4.69, 9.17) is 4.74 Å². The Hall–Kier alpha value is -2.82. The van der Waals surface area contributed by atoms with Gasteiger partial charge in [-0.3, -0.25) is 4.79 Å². The molecule has 2 N–H and O–H groups in total. The molecule has 0 aliphatic heterocycles. The summed E-state index contributed by atoms with van der Waals surface area (Å²) in [4.78, 5) is 11.7. The molecule has 1 amide bonds. The molecule has 0 heterocycles. The molecule has 5 nitrogen and oxygen atoms in total. The predicted molar refractivity (Wildman–Crippen MR) is 88.4 cm³/mol. The van der Waals surface area contributed by atoms with Gasteiger partial charge in [0.25, 0.3) is 5.91 Å². The molecule has 114 valence electrons. The lowest BCUT2D eigenvalue weighted by Gasteiger charge is -2.06. The van der Waals surface area contributed by atoms with Gasteiger partial charge in [0.05, 0.1) is 19.9 Å². The summed E-state index contributed by atoms with van der Waals surface area (Å²) in [7, 11) is 1.61. The van der Waals surface area contributed by atoms with Gasteiger partial charge in [0, 0.05) is 5.69 Å². The topological polar surface area (TPSA) is 62.7 Å². The number of hydrogen-bond donors (Lipinski definition) is 2. The molecular weight excluding hydrogens is 278 g/mol. The van der Waals surface area contributed by atoms with Crippen LogP contribution in [-0.2, 0) is 4.79 Å². The van der Waals surface area contributed by atoms with Crippen molar-refractivity contribution in [2.24, 2.45) is 5.10 Å². The van der Waals surface area contributed by atoms with Gasteiger partial charge in [-0.2, -0.15) is 5.10 Å². The van der Waals surface area contributed by atoms with Gasteiger partial charge in [-0.1, -0.05) is 29.8 Å². The molecule has 0 bridgehead atoms. The maximum Gasteiger partial charge on any atom is 0.259 e. The number of nitrogens with one attached hydrogen (secondary N) is 2. The van der Waals surface area contributed by atoms with Gasteiger partial charge in [-0.05, 0) is 36.8 Å². The van der Waals surface area contributed by atoms with E-state index >= 15 is 0 Å². The average molecular weight is 297 g/mol. The number of hydrogen-bond acceptors (Lipinski definition) is 4. The van der Waals surface area contributed by atoms with Crippen LogP contribution in [-0.4, -0.2) is 25.8 Å². The number of ether oxygens (including phenoxy) is 1. The Morgan fingerprint density at radius 1 is 1.23 bits per heavy atom. The minimum Gasteiger partial charge on any atom is -0.497 e. The molecule has 0 radical (unpaired) electrons. The van der Waals surface area contributed by atoms with Crippen molar-refractivity contribution in [1.82, 2.24) is 5.43 Å². The van der Waals surface area contributed by atoms with Crippen LogP contribution in [0.2, 0.25) is 0 Å². The van der Waals surface area contributed by atoms with Gasteiger partial charge in [0.2, 0.25) is 0 Å². The average Bonchev–Trinajstić information content (AvgIpc) is 2.53. The Balaban J connectivity index is 1.77. The van der Waals surface area contributed by atoms with E-state index in [1.807, 2.05) is 55.5 Å². The van der Waals surface area contributed by atoms with Crippen molar-refractivity contribution in [1.29, 1.82) is 0 Å². The third-order valence-corrected chi connectivity index (χ3v) is 2.99. The predicted octanol–water partition coefficient (Wildman–Crippen LogP) is 2.57. The zero-order valence-corrected chi connectivity index (χ0v) is 12.7. The van der Waals surface area contributed by atoms with Crippen molar-refractivity contribution >= 4 is 17.8 Å². The molecule has 0 fully saturated rings. The molecule has 0 aromatic heterocycles. The summed E-state index contributed by atoms with van der Waals surface area (Å²) in [6.07, 6.45) is 1.62. The number of benzene rings is 2. The fraction of sp³-hybridized carbons (Fsp3) is 0.176. The lowest BCUT2D eigenvalue weighted by Crippen LogP contribution is -2.25. The number of carbonyl (C=O) groups is 1. The van der Waals surface area contributed by atoms with Crippen LogP contribution >= 0.6 is 0 Å². The summed E-state index contributed by atoms with van der Waals surface area (Å²) in [5.41, 5.74) is 5.43. The highest BCUT2D eigenvalue weighted by molar-refractivity contribution is 5.84. The largest absolute Gasteiger partial charge is 0.497 e. The number of methoxy groups -OCH3 is 1. The molecule has 2 aromatic carbocycles. The highest BCUT2D eigenvalue weighted by atomic mass is 16.5. The summed E-state index contributed by atoms with van der Waals surface area (Å²) in [6.45, 7) is 2.16. The lowest BCUT2D eigenvalue weighted by atomic mass is 10.2. The van der Waals surface area contributed by atoms with Crippen molar-refractivity contribution in [3.63, 3.8) is 0 Å². The van der Waals surface area contributed by atoms with Crippen molar-refractivity contribution in [2.45, 2.75) is 6.92 Å². The summed E-state index contributed by atoms with van der Waals surface area (Å²) in [6, 6.07) is 15.2. The van der Waals surface area contributed by atoms with Crippen LogP contribution in [0.25, 0.3) is 0 Å². The number of nitrogens with zero attached hydrogens (tertiary/aromatic N) is 1. The summed E-state index contributed by atoms with van der Waals surface area (Å²) in [5, 5.41) is 6.95. The molecule has 0 spiro atoms. The van der Waals surface area contributed by atoms with E-state index in [1.165, 1.54) is 0 Å². The Morgan fingerprint density at radius 2 is 2.00 bits per heavy atom. The molecule has 0 unspecified atom stereocenters. The molecule has 2 aromatic rings. The van der Waals surface area contributed by atoms with Crippen LogP contribution in [0.3, 0.4) is 0 Å². The Morgan fingerprint density at radius 3 is 2.68 bits per heavy atom. The van der Waals surface area contributed by atoms with E-state index in [1.54, 1.807) is 13.3 Å².